The first kappa shape index (κ1) is 21.5. The number of nitrogens with one attached hydrogen (secondary N) is 1. The van der Waals surface area contributed by atoms with Gasteiger partial charge in [-0.3, -0.25) is 4.79 Å². The van der Waals surface area contributed by atoms with Crippen molar-refractivity contribution in [3.8, 4) is 5.75 Å². The number of phenols is 1. The van der Waals surface area contributed by atoms with Gasteiger partial charge in [0.15, 0.2) is 0 Å². The molecule has 3 rings (SSSR count). The van der Waals surface area contributed by atoms with E-state index in [1.807, 2.05) is 18.9 Å². The smallest absolute Gasteiger partial charge is 0.271 e. The number of aromatic hydroxyl groups is 1. The number of hydrogen-bond donors (Lipinski definition) is 2. The fraction of sp³-hybridized carbons (Fsp3) is 0.238. The van der Waals surface area contributed by atoms with Crippen molar-refractivity contribution in [2.75, 3.05) is 11.9 Å². The second-order valence-corrected chi connectivity index (χ2v) is 9.13. The minimum absolute atomic E-state index is 0.00208. The molecule has 0 saturated carbocycles. The number of phenolic OH excluding ortho intramolecular Hbond substituents is 1. The molecule has 0 unspecified atom stereocenters. The summed E-state index contributed by atoms with van der Waals surface area (Å²) in [6.45, 7) is 6.14. The van der Waals surface area contributed by atoms with Crippen LogP contribution in [0.15, 0.2) is 44.4 Å². The standard InChI is InChI=1S/C21H20Br2FN3O2/c1-11-9-21(2,3)27(4)18-8-17(24)13(5-14(11)18)10-25-26-20(29)12-6-15(22)19(28)16(23)7-12/h5-10,28H,1-4H3,(H,26,29)/b25-10-. The van der Waals surface area contributed by atoms with E-state index in [2.05, 4.69) is 62.3 Å². The number of fused-ring (bicyclic) bond motifs is 1. The highest BCUT2D eigenvalue weighted by molar-refractivity contribution is 9.11. The Morgan fingerprint density at radius 1 is 1.24 bits per heavy atom. The maximum atomic E-state index is 14.6. The van der Waals surface area contributed by atoms with E-state index in [4.69, 9.17) is 0 Å². The first-order valence-electron chi connectivity index (χ1n) is 8.80. The van der Waals surface area contributed by atoms with E-state index in [1.54, 1.807) is 6.07 Å². The first-order chi connectivity index (χ1) is 13.5. The molecule has 0 radical (unpaired) electrons. The number of benzene rings is 2. The Hall–Kier alpha value is -2.19. The van der Waals surface area contributed by atoms with Gasteiger partial charge in [-0.25, -0.2) is 9.82 Å². The van der Waals surface area contributed by atoms with Gasteiger partial charge < -0.3 is 10.0 Å². The van der Waals surface area contributed by atoms with Gasteiger partial charge in [0.25, 0.3) is 5.91 Å². The number of allylic oxidation sites excluding steroid dienone is 1. The zero-order valence-electron chi connectivity index (χ0n) is 16.3. The van der Waals surface area contributed by atoms with Crippen LogP contribution in [0.5, 0.6) is 5.75 Å². The van der Waals surface area contributed by atoms with Gasteiger partial charge in [-0.1, -0.05) is 6.08 Å². The van der Waals surface area contributed by atoms with E-state index in [0.717, 1.165) is 16.8 Å². The molecule has 0 fully saturated rings. The average molecular weight is 525 g/mol. The van der Waals surface area contributed by atoms with Crippen LogP contribution in [0.1, 0.15) is 42.3 Å². The number of halogens is 3. The number of hydrazone groups is 1. The summed E-state index contributed by atoms with van der Waals surface area (Å²) in [4.78, 5) is 14.3. The Kier molecular flexibility index (Phi) is 5.87. The molecule has 1 aliphatic heterocycles. The van der Waals surface area contributed by atoms with Crippen molar-refractivity contribution < 1.29 is 14.3 Å². The predicted molar refractivity (Wildman–Crippen MR) is 121 cm³/mol. The van der Waals surface area contributed by atoms with Gasteiger partial charge in [-0.2, -0.15) is 5.10 Å². The lowest BCUT2D eigenvalue weighted by atomic mass is 9.88. The second kappa shape index (κ2) is 7.91. The first-order valence-corrected chi connectivity index (χ1v) is 10.4. The molecule has 1 aliphatic rings. The molecule has 8 heteroatoms. The van der Waals surface area contributed by atoms with Crippen molar-refractivity contribution in [3.05, 3.63) is 61.8 Å². The van der Waals surface area contributed by atoms with E-state index in [1.165, 1.54) is 24.4 Å². The summed E-state index contributed by atoms with van der Waals surface area (Å²) in [5.74, 6) is -0.912. The summed E-state index contributed by atoms with van der Waals surface area (Å²) in [7, 11) is 1.93. The quantitative estimate of drug-likeness (QED) is 0.414. The third-order valence-corrected chi connectivity index (χ3v) is 6.19. The van der Waals surface area contributed by atoms with Gasteiger partial charge in [-0.15, -0.1) is 0 Å². The highest BCUT2D eigenvalue weighted by atomic mass is 79.9. The summed E-state index contributed by atoms with van der Waals surface area (Å²) in [6, 6.07) is 6.16. The van der Waals surface area contributed by atoms with Crippen LogP contribution in [-0.4, -0.2) is 29.8 Å². The van der Waals surface area contributed by atoms with Crippen LogP contribution < -0.4 is 10.3 Å². The minimum Gasteiger partial charge on any atom is -0.506 e. The van der Waals surface area contributed by atoms with Crippen LogP contribution in [0, 0.1) is 5.82 Å². The van der Waals surface area contributed by atoms with Gasteiger partial charge in [-0.05, 0) is 82.5 Å². The van der Waals surface area contributed by atoms with Crippen LogP contribution in [0.2, 0.25) is 0 Å². The lowest BCUT2D eigenvalue weighted by Crippen LogP contribution is -2.42. The molecule has 2 aromatic carbocycles. The number of rotatable bonds is 3. The van der Waals surface area contributed by atoms with Crippen LogP contribution >= 0.6 is 31.9 Å². The van der Waals surface area contributed by atoms with Gasteiger partial charge >= 0.3 is 0 Å². The molecule has 5 nitrogen and oxygen atoms in total. The van der Waals surface area contributed by atoms with E-state index < -0.39 is 11.7 Å². The van der Waals surface area contributed by atoms with Gasteiger partial charge in [0.05, 0.1) is 20.7 Å². The molecule has 29 heavy (non-hydrogen) atoms. The second-order valence-electron chi connectivity index (χ2n) is 7.42. The van der Waals surface area contributed by atoms with Crippen molar-refractivity contribution in [2.45, 2.75) is 26.3 Å². The van der Waals surface area contributed by atoms with Gasteiger partial charge in [0.2, 0.25) is 0 Å². The molecule has 152 valence electrons. The number of anilines is 1. The molecular formula is C21H20Br2FN3O2. The molecule has 0 atom stereocenters. The predicted octanol–water partition coefficient (Wildman–Crippen LogP) is 5.45. The molecule has 2 N–H and O–H groups in total. The third kappa shape index (κ3) is 4.23. The molecule has 0 saturated heterocycles. The number of carbonyl (C=O) groups excluding carboxylic acids is 1. The summed E-state index contributed by atoms with van der Waals surface area (Å²) < 4.78 is 15.4. The Morgan fingerprint density at radius 3 is 2.48 bits per heavy atom. The lowest BCUT2D eigenvalue weighted by Gasteiger charge is -2.40. The monoisotopic (exact) mass is 523 g/mol. The van der Waals surface area contributed by atoms with Gasteiger partial charge in [0, 0.05) is 29.4 Å². The Balaban J connectivity index is 1.84. The number of hydrogen-bond acceptors (Lipinski definition) is 4. The molecule has 0 bridgehead atoms. The van der Waals surface area contributed by atoms with E-state index in [9.17, 15) is 14.3 Å². The normalized spacial score (nSPS) is 15.3. The number of carbonyl (C=O) groups is 1. The molecule has 1 amide bonds. The van der Waals surface area contributed by atoms with Crippen molar-refractivity contribution >= 4 is 55.2 Å². The largest absolute Gasteiger partial charge is 0.506 e. The maximum Gasteiger partial charge on any atom is 0.271 e. The van der Waals surface area contributed by atoms with Crippen LogP contribution in [-0.2, 0) is 0 Å². The summed E-state index contributed by atoms with van der Waals surface area (Å²) in [5.41, 5.74) is 5.52. The summed E-state index contributed by atoms with van der Waals surface area (Å²) in [5, 5.41) is 13.6. The van der Waals surface area contributed by atoms with E-state index in [-0.39, 0.29) is 22.4 Å². The summed E-state index contributed by atoms with van der Waals surface area (Å²) >= 11 is 6.35. The van der Waals surface area contributed by atoms with Crippen molar-refractivity contribution in [1.82, 2.24) is 5.43 Å². The SMILES string of the molecule is CC1=CC(C)(C)N(C)c2cc(F)c(/C=N\NC(=O)c3cc(Br)c(O)c(Br)c3)cc21. The highest BCUT2D eigenvalue weighted by Crippen LogP contribution is 2.38. The molecule has 1 heterocycles. The highest BCUT2D eigenvalue weighted by Gasteiger charge is 2.29. The van der Waals surface area contributed by atoms with Crippen molar-refractivity contribution in [2.24, 2.45) is 5.10 Å². The Labute approximate surface area is 185 Å². The molecule has 0 spiro atoms. The van der Waals surface area contributed by atoms with E-state index in [0.29, 0.717) is 8.95 Å². The topological polar surface area (TPSA) is 64.9 Å². The zero-order chi connectivity index (χ0) is 21.5. The Bertz CT molecular complexity index is 1040. The molecule has 0 aliphatic carbocycles. The number of likely N-dealkylation sites (N-methyl/N-ethyl adjacent to an activating group) is 1. The van der Waals surface area contributed by atoms with E-state index >= 15 is 0 Å². The van der Waals surface area contributed by atoms with Crippen LogP contribution in [0.4, 0.5) is 10.1 Å². The minimum atomic E-state index is -0.487. The zero-order valence-corrected chi connectivity index (χ0v) is 19.5. The van der Waals surface area contributed by atoms with Gasteiger partial charge in [0.1, 0.15) is 11.6 Å². The number of nitrogens with zero attached hydrogens (tertiary/aromatic N) is 2. The van der Waals surface area contributed by atoms with Crippen LogP contribution in [0.3, 0.4) is 0 Å². The lowest BCUT2D eigenvalue weighted by molar-refractivity contribution is 0.0955. The van der Waals surface area contributed by atoms with Crippen molar-refractivity contribution in [3.63, 3.8) is 0 Å². The van der Waals surface area contributed by atoms with Crippen molar-refractivity contribution in [1.29, 1.82) is 0 Å². The average Bonchev–Trinajstić information content (AvgIpc) is 2.64. The maximum absolute atomic E-state index is 14.6. The molecular weight excluding hydrogens is 505 g/mol. The fourth-order valence-corrected chi connectivity index (χ4v) is 4.39. The third-order valence-electron chi connectivity index (χ3n) is 4.98. The fourth-order valence-electron chi connectivity index (χ4n) is 3.21. The number of amides is 1. The van der Waals surface area contributed by atoms with Crippen LogP contribution in [0.25, 0.3) is 5.57 Å². The molecule has 2 aromatic rings. The Morgan fingerprint density at radius 2 is 1.86 bits per heavy atom. The summed E-state index contributed by atoms with van der Waals surface area (Å²) in [6.07, 6.45) is 3.42. The molecule has 0 aromatic heterocycles.